The summed E-state index contributed by atoms with van der Waals surface area (Å²) in [6.45, 7) is 1.80. The maximum absolute atomic E-state index is 13.2. The summed E-state index contributed by atoms with van der Waals surface area (Å²) in [4.78, 5) is 13.8. The molecular formula is C18H13ClF2N2O3. The van der Waals surface area contributed by atoms with Gasteiger partial charge in [0, 0.05) is 17.1 Å². The predicted molar refractivity (Wildman–Crippen MR) is 90.3 cm³/mol. The van der Waals surface area contributed by atoms with Gasteiger partial charge in [-0.25, -0.2) is 0 Å². The first kappa shape index (κ1) is 18.0. The van der Waals surface area contributed by atoms with Gasteiger partial charge in [0.2, 0.25) is 5.91 Å². The lowest BCUT2D eigenvalue weighted by molar-refractivity contribution is -0.286. The van der Waals surface area contributed by atoms with Crippen molar-refractivity contribution in [2.45, 2.75) is 26.2 Å². The molecule has 1 heterocycles. The topological polar surface area (TPSA) is 62.6 Å². The van der Waals surface area contributed by atoms with E-state index in [2.05, 4.69) is 9.47 Å². The Kier molecular flexibility index (Phi) is 4.70. The Morgan fingerprint density at radius 3 is 2.65 bits per heavy atom. The average Bonchev–Trinajstić information content (AvgIpc) is 2.91. The number of hydrogen-bond acceptors (Lipinski definition) is 4. The van der Waals surface area contributed by atoms with Crippen LogP contribution in [-0.4, -0.2) is 12.2 Å². The van der Waals surface area contributed by atoms with Crippen molar-refractivity contribution in [2.24, 2.45) is 0 Å². The smallest absolute Gasteiger partial charge is 0.395 e. The molecule has 1 amide bonds. The van der Waals surface area contributed by atoms with E-state index in [-0.39, 0.29) is 30.4 Å². The molecule has 2 aromatic carbocycles. The third-order valence-corrected chi connectivity index (χ3v) is 3.95. The van der Waals surface area contributed by atoms with Crippen LogP contribution in [0.3, 0.4) is 0 Å². The molecule has 134 valence electrons. The predicted octanol–water partition coefficient (Wildman–Crippen LogP) is 4.48. The van der Waals surface area contributed by atoms with Crippen LogP contribution in [0.25, 0.3) is 0 Å². The van der Waals surface area contributed by atoms with Crippen molar-refractivity contribution in [3.8, 4) is 17.6 Å². The van der Waals surface area contributed by atoms with Gasteiger partial charge in [-0.05, 0) is 35.9 Å². The lowest BCUT2D eigenvalue weighted by Crippen LogP contribution is -2.29. The van der Waals surface area contributed by atoms with E-state index in [9.17, 15) is 13.6 Å². The number of fused-ring (bicyclic) bond motifs is 1. The largest absolute Gasteiger partial charge is 0.586 e. The van der Waals surface area contributed by atoms with Crippen LogP contribution in [0, 0.1) is 11.3 Å². The zero-order valence-corrected chi connectivity index (χ0v) is 14.4. The summed E-state index contributed by atoms with van der Waals surface area (Å²) in [6, 6.07) is 10.9. The summed E-state index contributed by atoms with van der Waals surface area (Å²) in [7, 11) is 0. The van der Waals surface area contributed by atoms with Crippen molar-refractivity contribution in [2.75, 3.05) is 4.90 Å². The van der Waals surface area contributed by atoms with Crippen LogP contribution in [0.5, 0.6) is 11.5 Å². The maximum atomic E-state index is 13.2. The molecule has 0 bridgehead atoms. The fraction of sp³-hybridized carbons (Fsp3) is 0.222. The van der Waals surface area contributed by atoms with E-state index in [0.717, 1.165) is 0 Å². The van der Waals surface area contributed by atoms with Gasteiger partial charge in [0.05, 0.1) is 18.2 Å². The first-order valence-electron chi connectivity index (χ1n) is 7.71. The van der Waals surface area contributed by atoms with Crippen molar-refractivity contribution in [3.63, 3.8) is 0 Å². The number of benzene rings is 2. The summed E-state index contributed by atoms with van der Waals surface area (Å²) in [6.07, 6.45) is -3.48. The summed E-state index contributed by atoms with van der Waals surface area (Å²) in [5.41, 5.74) is 1.32. The van der Waals surface area contributed by atoms with E-state index < -0.39 is 6.29 Å². The van der Waals surface area contributed by atoms with Crippen molar-refractivity contribution in [1.29, 1.82) is 5.26 Å². The van der Waals surface area contributed by atoms with Gasteiger partial charge in [-0.15, -0.1) is 8.78 Å². The highest BCUT2D eigenvalue weighted by Gasteiger charge is 2.43. The summed E-state index contributed by atoms with van der Waals surface area (Å²) in [5.74, 6) is -0.374. The van der Waals surface area contributed by atoms with Crippen LogP contribution >= 0.6 is 11.6 Å². The second-order valence-corrected chi connectivity index (χ2v) is 6.03. The molecule has 0 spiro atoms. The minimum atomic E-state index is -3.70. The molecule has 0 aliphatic carbocycles. The fourth-order valence-corrected chi connectivity index (χ4v) is 2.81. The third kappa shape index (κ3) is 3.70. The van der Waals surface area contributed by atoms with E-state index in [0.29, 0.717) is 21.8 Å². The Morgan fingerprint density at radius 2 is 1.96 bits per heavy atom. The Balaban J connectivity index is 1.93. The van der Waals surface area contributed by atoms with Crippen molar-refractivity contribution >= 4 is 23.2 Å². The van der Waals surface area contributed by atoms with Gasteiger partial charge in [0.15, 0.2) is 11.5 Å². The molecule has 1 aliphatic rings. The van der Waals surface area contributed by atoms with Gasteiger partial charge in [0.1, 0.15) is 0 Å². The Bertz CT molecular complexity index is 912. The molecule has 26 heavy (non-hydrogen) atoms. The summed E-state index contributed by atoms with van der Waals surface area (Å²) in [5, 5.41) is 9.41. The number of carbonyl (C=O) groups excluding carboxylic acids is 1. The van der Waals surface area contributed by atoms with Gasteiger partial charge in [-0.3, -0.25) is 4.79 Å². The van der Waals surface area contributed by atoms with Gasteiger partial charge in [-0.2, -0.15) is 5.26 Å². The zero-order valence-electron chi connectivity index (χ0n) is 13.6. The number of halogens is 3. The molecule has 0 N–H and O–H groups in total. The average molecular weight is 379 g/mol. The Hall–Kier alpha value is -2.85. The highest BCUT2D eigenvalue weighted by molar-refractivity contribution is 6.31. The number of nitrogens with zero attached hydrogens (tertiary/aromatic N) is 2. The molecule has 5 nitrogen and oxygen atoms in total. The van der Waals surface area contributed by atoms with Crippen LogP contribution in [0.2, 0.25) is 5.02 Å². The first-order valence-corrected chi connectivity index (χ1v) is 8.09. The molecule has 0 radical (unpaired) electrons. The van der Waals surface area contributed by atoms with Crippen molar-refractivity contribution < 1.29 is 23.0 Å². The molecule has 0 aromatic heterocycles. The fourth-order valence-electron chi connectivity index (χ4n) is 2.58. The van der Waals surface area contributed by atoms with E-state index in [1.807, 2.05) is 6.07 Å². The molecule has 3 rings (SSSR count). The third-order valence-electron chi connectivity index (χ3n) is 3.73. The number of rotatable bonds is 4. The normalized spacial score (nSPS) is 14.0. The number of hydrogen-bond donors (Lipinski definition) is 0. The minimum Gasteiger partial charge on any atom is -0.395 e. The number of ether oxygens (including phenoxy) is 2. The molecule has 0 saturated heterocycles. The van der Waals surface area contributed by atoms with Crippen molar-refractivity contribution in [3.05, 3.63) is 52.5 Å². The maximum Gasteiger partial charge on any atom is 0.586 e. The van der Waals surface area contributed by atoms with Crippen LogP contribution < -0.4 is 14.4 Å². The molecule has 8 heteroatoms. The summed E-state index contributed by atoms with van der Waals surface area (Å²) < 4.78 is 35.1. The lowest BCUT2D eigenvalue weighted by Gasteiger charge is -2.23. The highest BCUT2D eigenvalue weighted by Crippen LogP contribution is 2.41. The molecule has 0 saturated carbocycles. The molecule has 0 atom stereocenters. The Morgan fingerprint density at radius 1 is 1.23 bits per heavy atom. The van der Waals surface area contributed by atoms with E-state index in [1.165, 1.54) is 23.1 Å². The molecule has 2 aromatic rings. The molecule has 0 fully saturated rings. The summed E-state index contributed by atoms with van der Waals surface area (Å²) >= 11 is 6.02. The SMILES string of the molecule is CCC(=O)N(Cc1ccc2c(c1)OC(F)(F)O2)c1cc(Cl)cc(C#N)c1. The second kappa shape index (κ2) is 6.81. The quantitative estimate of drug-likeness (QED) is 0.787. The van der Waals surface area contributed by atoms with Gasteiger partial charge in [0.25, 0.3) is 0 Å². The standard InChI is InChI=1S/C18H13ClF2N2O3/c1-2-17(24)23(14-6-12(9-22)5-13(19)8-14)10-11-3-4-15-16(7-11)26-18(20,21)25-15/h3-8H,2,10H2,1H3. The second-order valence-electron chi connectivity index (χ2n) is 5.59. The highest BCUT2D eigenvalue weighted by atomic mass is 35.5. The number of nitriles is 1. The zero-order chi connectivity index (χ0) is 18.9. The molecule has 0 unspecified atom stereocenters. The minimum absolute atomic E-state index is 0.0679. The van der Waals surface area contributed by atoms with Gasteiger partial charge < -0.3 is 14.4 Å². The van der Waals surface area contributed by atoms with Crippen LogP contribution in [0.1, 0.15) is 24.5 Å². The van der Waals surface area contributed by atoms with Gasteiger partial charge >= 0.3 is 6.29 Å². The van der Waals surface area contributed by atoms with E-state index in [4.69, 9.17) is 16.9 Å². The number of carbonyl (C=O) groups is 1. The number of alkyl halides is 2. The first-order chi connectivity index (χ1) is 12.3. The van der Waals surface area contributed by atoms with Crippen LogP contribution in [-0.2, 0) is 11.3 Å². The van der Waals surface area contributed by atoms with E-state index >= 15 is 0 Å². The molecule has 1 aliphatic heterocycles. The van der Waals surface area contributed by atoms with E-state index in [1.54, 1.807) is 25.1 Å². The molecular weight excluding hydrogens is 366 g/mol. The number of amides is 1. The van der Waals surface area contributed by atoms with Crippen molar-refractivity contribution in [1.82, 2.24) is 0 Å². The van der Waals surface area contributed by atoms with Gasteiger partial charge in [-0.1, -0.05) is 24.6 Å². The Labute approximate surface area is 153 Å². The van der Waals surface area contributed by atoms with Crippen LogP contribution in [0.4, 0.5) is 14.5 Å². The lowest BCUT2D eigenvalue weighted by atomic mass is 10.1. The monoisotopic (exact) mass is 378 g/mol. The number of anilines is 1. The van der Waals surface area contributed by atoms with Crippen LogP contribution in [0.15, 0.2) is 36.4 Å².